The number of piperidine rings is 1. The highest BCUT2D eigenvalue weighted by molar-refractivity contribution is 6.32. The predicted octanol–water partition coefficient (Wildman–Crippen LogP) is 3.18. The van der Waals surface area contributed by atoms with Crippen LogP contribution in [0.1, 0.15) is 18.4 Å². The largest absolute Gasteiger partial charge is 0.352 e. The maximum absolute atomic E-state index is 13.1. The lowest BCUT2D eigenvalue weighted by molar-refractivity contribution is -0.129. The highest BCUT2D eigenvalue weighted by Gasteiger charge is 2.42. The summed E-state index contributed by atoms with van der Waals surface area (Å²) in [6.07, 6.45) is 4.85. The molecule has 2 aromatic rings. The van der Waals surface area contributed by atoms with Crippen LogP contribution in [0.15, 0.2) is 54.4 Å². The third-order valence-electron chi connectivity index (χ3n) is 6.77. The number of aryl methyl sites for hydroxylation is 1. The Morgan fingerprint density at radius 3 is 2.54 bits per heavy atom. The van der Waals surface area contributed by atoms with Crippen LogP contribution in [0.2, 0.25) is 5.02 Å². The van der Waals surface area contributed by atoms with E-state index in [1.165, 1.54) is 0 Å². The Morgan fingerprint density at radius 1 is 1.06 bits per heavy atom. The molecule has 5 rings (SSSR count). The SMILES string of the molecule is Cc1cccc(NC(=O)N2CCC3(C=C(C(=O)N4CCN(c5ncccc5Cl)CC4)NO3)CC2)c1. The number of anilines is 2. The topological polar surface area (TPSA) is 90.0 Å². The van der Waals surface area contributed by atoms with Crippen LogP contribution in [-0.2, 0) is 9.63 Å². The van der Waals surface area contributed by atoms with Gasteiger partial charge in [0.2, 0.25) is 0 Å². The molecule has 2 N–H and O–H groups in total. The van der Waals surface area contributed by atoms with E-state index in [0.29, 0.717) is 62.8 Å². The summed E-state index contributed by atoms with van der Waals surface area (Å²) < 4.78 is 0. The number of benzene rings is 1. The number of likely N-dealkylation sites (tertiary alicyclic amines) is 1. The molecule has 4 heterocycles. The fraction of sp³-hybridized carbons (Fsp3) is 0.400. The molecule has 10 heteroatoms. The van der Waals surface area contributed by atoms with E-state index in [1.54, 1.807) is 17.2 Å². The maximum Gasteiger partial charge on any atom is 0.321 e. The summed E-state index contributed by atoms with van der Waals surface area (Å²) in [5.41, 5.74) is 4.63. The molecule has 184 valence electrons. The first-order valence-corrected chi connectivity index (χ1v) is 12.2. The number of nitrogens with zero attached hydrogens (tertiary/aromatic N) is 4. The summed E-state index contributed by atoms with van der Waals surface area (Å²) in [5, 5.41) is 3.57. The van der Waals surface area contributed by atoms with Crippen LogP contribution in [0.3, 0.4) is 0 Å². The van der Waals surface area contributed by atoms with Gasteiger partial charge in [-0.25, -0.2) is 9.78 Å². The molecule has 9 nitrogen and oxygen atoms in total. The second-order valence-corrected chi connectivity index (χ2v) is 9.61. The zero-order valence-electron chi connectivity index (χ0n) is 19.7. The number of carbonyl (C=O) groups is 2. The third kappa shape index (κ3) is 5.06. The Morgan fingerprint density at radius 2 is 1.83 bits per heavy atom. The summed E-state index contributed by atoms with van der Waals surface area (Å²) in [7, 11) is 0. The Balaban J connectivity index is 1.14. The number of aromatic nitrogens is 1. The Kier molecular flexibility index (Phi) is 6.53. The van der Waals surface area contributed by atoms with Gasteiger partial charge >= 0.3 is 6.03 Å². The van der Waals surface area contributed by atoms with E-state index < -0.39 is 5.60 Å². The average Bonchev–Trinajstić information content (AvgIpc) is 3.28. The van der Waals surface area contributed by atoms with Gasteiger partial charge in [-0.3, -0.25) is 15.1 Å². The van der Waals surface area contributed by atoms with Crippen molar-refractivity contribution in [1.29, 1.82) is 0 Å². The number of amides is 3. The molecule has 0 bridgehead atoms. The molecule has 0 atom stereocenters. The normalized spacial score (nSPS) is 19.4. The van der Waals surface area contributed by atoms with Crippen molar-refractivity contribution in [1.82, 2.24) is 20.3 Å². The van der Waals surface area contributed by atoms with Gasteiger partial charge in [-0.1, -0.05) is 23.7 Å². The molecule has 0 aliphatic carbocycles. The fourth-order valence-electron chi connectivity index (χ4n) is 4.75. The van der Waals surface area contributed by atoms with Gasteiger partial charge in [0, 0.05) is 64.0 Å². The molecule has 2 saturated heterocycles. The minimum atomic E-state index is -0.575. The third-order valence-corrected chi connectivity index (χ3v) is 7.07. The van der Waals surface area contributed by atoms with Crippen LogP contribution in [-0.4, -0.2) is 71.6 Å². The molecule has 0 unspecified atom stereocenters. The first-order chi connectivity index (χ1) is 16.9. The molecule has 0 saturated carbocycles. The first-order valence-electron chi connectivity index (χ1n) is 11.9. The number of piperazine rings is 1. The van der Waals surface area contributed by atoms with Gasteiger partial charge in [0.1, 0.15) is 17.1 Å². The van der Waals surface area contributed by atoms with Crippen molar-refractivity contribution in [2.75, 3.05) is 49.5 Å². The molecule has 3 aliphatic heterocycles. The van der Waals surface area contributed by atoms with Crippen LogP contribution in [0.5, 0.6) is 0 Å². The van der Waals surface area contributed by atoms with E-state index in [4.69, 9.17) is 16.4 Å². The average molecular weight is 497 g/mol. The van der Waals surface area contributed by atoms with E-state index in [0.717, 1.165) is 17.1 Å². The molecule has 1 aromatic heterocycles. The lowest BCUT2D eigenvalue weighted by atomic mass is 9.91. The summed E-state index contributed by atoms with van der Waals surface area (Å²) in [6.45, 7) is 5.54. The first kappa shape index (κ1) is 23.4. The standard InChI is InChI=1S/C25H29ClN6O3/c1-18-4-2-5-19(16-18)28-24(34)32-10-7-25(8-11-32)17-21(29-35-25)23(33)31-14-12-30(13-15-31)22-20(26)6-3-9-27-22/h2-6,9,16-17,29H,7-8,10-15H2,1H3,(H,28,34). The van der Waals surface area contributed by atoms with E-state index in [-0.39, 0.29) is 11.9 Å². The van der Waals surface area contributed by atoms with E-state index in [9.17, 15) is 9.59 Å². The molecular formula is C25H29ClN6O3. The zero-order valence-corrected chi connectivity index (χ0v) is 20.4. The van der Waals surface area contributed by atoms with Gasteiger partial charge in [-0.2, -0.15) is 0 Å². The molecule has 1 spiro atoms. The molecule has 3 amide bonds. The minimum Gasteiger partial charge on any atom is -0.352 e. The second kappa shape index (κ2) is 9.75. The quantitative estimate of drug-likeness (QED) is 0.678. The van der Waals surface area contributed by atoms with Gasteiger partial charge in [-0.05, 0) is 42.8 Å². The summed E-state index contributed by atoms with van der Waals surface area (Å²) in [6, 6.07) is 11.2. The lowest BCUT2D eigenvalue weighted by Gasteiger charge is -2.36. The maximum atomic E-state index is 13.1. The number of hydroxylamine groups is 1. The van der Waals surface area contributed by atoms with Crippen LogP contribution < -0.4 is 15.7 Å². The van der Waals surface area contributed by atoms with Crippen molar-refractivity contribution < 1.29 is 14.4 Å². The number of rotatable bonds is 3. The summed E-state index contributed by atoms with van der Waals surface area (Å²) in [5.74, 6) is 0.674. The fourth-order valence-corrected chi connectivity index (χ4v) is 4.99. The van der Waals surface area contributed by atoms with Crippen LogP contribution in [0, 0.1) is 6.92 Å². The van der Waals surface area contributed by atoms with Gasteiger partial charge in [-0.15, -0.1) is 0 Å². The second-order valence-electron chi connectivity index (χ2n) is 9.20. The number of hydrogen-bond donors (Lipinski definition) is 2. The number of nitrogens with one attached hydrogen (secondary N) is 2. The number of urea groups is 1. The van der Waals surface area contributed by atoms with Crippen molar-refractivity contribution in [2.45, 2.75) is 25.4 Å². The summed E-state index contributed by atoms with van der Waals surface area (Å²) in [4.78, 5) is 41.7. The van der Waals surface area contributed by atoms with E-state index >= 15 is 0 Å². The molecule has 35 heavy (non-hydrogen) atoms. The molecule has 3 aliphatic rings. The van der Waals surface area contributed by atoms with Gasteiger partial charge < -0.3 is 20.0 Å². The van der Waals surface area contributed by atoms with Gasteiger partial charge in [0.15, 0.2) is 0 Å². The number of pyridine rings is 1. The predicted molar refractivity (Wildman–Crippen MR) is 134 cm³/mol. The zero-order chi connectivity index (χ0) is 24.4. The number of hydrogen-bond acceptors (Lipinski definition) is 6. The van der Waals surface area contributed by atoms with Crippen LogP contribution in [0.25, 0.3) is 0 Å². The lowest BCUT2D eigenvalue weighted by Crippen LogP contribution is -2.50. The number of carbonyl (C=O) groups excluding carboxylic acids is 2. The smallest absolute Gasteiger partial charge is 0.321 e. The Hall–Kier alpha value is -3.30. The van der Waals surface area contributed by atoms with Crippen molar-refractivity contribution in [3.05, 3.63) is 65.0 Å². The van der Waals surface area contributed by atoms with Crippen molar-refractivity contribution in [3.8, 4) is 0 Å². The Bertz CT molecular complexity index is 1140. The number of halogens is 1. The molecule has 2 fully saturated rings. The van der Waals surface area contributed by atoms with E-state index in [2.05, 4.69) is 20.7 Å². The van der Waals surface area contributed by atoms with Crippen LogP contribution in [0.4, 0.5) is 16.3 Å². The van der Waals surface area contributed by atoms with Crippen LogP contribution >= 0.6 is 11.6 Å². The van der Waals surface area contributed by atoms with Crippen molar-refractivity contribution in [2.24, 2.45) is 0 Å². The monoisotopic (exact) mass is 496 g/mol. The van der Waals surface area contributed by atoms with Crippen molar-refractivity contribution >= 4 is 35.0 Å². The highest BCUT2D eigenvalue weighted by atomic mass is 35.5. The summed E-state index contributed by atoms with van der Waals surface area (Å²) >= 11 is 6.27. The van der Waals surface area contributed by atoms with Gasteiger partial charge in [0.05, 0.1) is 5.02 Å². The molecular weight excluding hydrogens is 468 g/mol. The minimum absolute atomic E-state index is 0.0757. The molecule has 1 aromatic carbocycles. The van der Waals surface area contributed by atoms with E-state index in [1.807, 2.05) is 48.2 Å². The Labute approximate surface area is 209 Å². The van der Waals surface area contributed by atoms with Crippen molar-refractivity contribution in [3.63, 3.8) is 0 Å². The van der Waals surface area contributed by atoms with Gasteiger partial charge in [0.25, 0.3) is 5.91 Å². The molecule has 0 radical (unpaired) electrons. The highest BCUT2D eigenvalue weighted by Crippen LogP contribution is 2.33.